The monoisotopic (exact) mass is 271 g/mol. The molecule has 0 saturated heterocycles. The second-order valence-electron chi connectivity index (χ2n) is 5.02. The fourth-order valence-corrected chi connectivity index (χ4v) is 1.99. The molecule has 1 aromatic rings. The van der Waals surface area contributed by atoms with Crippen molar-refractivity contribution in [2.24, 2.45) is 5.92 Å². The van der Waals surface area contributed by atoms with Gasteiger partial charge in [0.2, 0.25) is 5.88 Å². The van der Waals surface area contributed by atoms with Crippen LogP contribution in [-0.4, -0.2) is 28.0 Å². The van der Waals surface area contributed by atoms with Crippen molar-refractivity contribution in [1.29, 1.82) is 0 Å². The van der Waals surface area contributed by atoms with Crippen LogP contribution in [0.3, 0.4) is 0 Å². The Balaban J connectivity index is 2.47. The van der Waals surface area contributed by atoms with Crippen molar-refractivity contribution in [3.05, 3.63) is 12.4 Å². The lowest BCUT2D eigenvalue weighted by Gasteiger charge is -2.14. The van der Waals surface area contributed by atoms with E-state index in [0.29, 0.717) is 18.3 Å². The van der Waals surface area contributed by atoms with Crippen LogP contribution >= 0.6 is 11.6 Å². The van der Waals surface area contributed by atoms with Gasteiger partial charge in [-0.15, -0.1) is 11.6 Å². The van der Waals surface area contributed by atoms with Gasteiger partial charge in [-0.1, -0.05) is 13.8 Å². The number of alkyl halides is 1. The maximum atomic E-state index is 6.21. The molecule has 1 atom stereocenters. The minimum Gasteiger partial charge on any atom is -0.475 e. The van der Waals surface area contributed by atoms with Gasteiger partial charge in [0.1, 0.15) is 12.1 Å². The molecule has 4 nitrogen and oxygen atoms in total. The van der Waals surface area contributed by atoms with E-state index in [1.165, 1.54) is 6.33 Å². The van der Waals surface area contributed by atoms with Crippen LogP contribution in [-0.2, 0) is 0 Å². The third-order valence-corrected chi connectivity index (χ3v) is 2.56. The highest BCUT2D eigenvalue weighted by Gasteiger charge is 2.08. The highest BCUT2D eigenvalue weighted by molar-refractivity contribution is 6.20. The standard InChI is InChI=1S/C13H22ClN3O/c1-9(2)5-11(14)7-15-12-6-13(17-8-16-12)18-10(3)4/h6,8-11H,5,7H2,1-4H3,(H,15,16,17). The average Bonchev–Trinajstić information content (AvgIpc) is 2.25. The third-order valence-electron chi connectivity index (χ3n) is 2.23. The molecule has 0 fully saturated rings. The summed E-state index contributed by atoms with van der Waals surface area (Å²) >= 11 is 6.21. The molecule has 18 heavy (non-hydrogen) atoms. The fraction of sp³-hybridized carbons (Fsp3) is 0.692. The Kier molecular flexibility index (Phi) is 6.19. The summed E-state index contributed by atoms with van der Waals surface area (Å²) in [7, 11) is 0. The van der Waals surface area contributed by atoms with Crippen LogP contribution in [0.2, 0.25) is 0 Å². The van der Waals surface area contributed by atoms with Crippen LogP contribution in [0.5, 0.6) is 5.88 Å². The third kappa shape index (κ3) is 6.05. The van der Waals surface area contributed by atoms with Gasteiger partial charge in [0.15, 0.2) is 0 Å². The van der Waals surface area contributed by atoms with E-state index in [4.69, 9.17) is 16.3 Å². The number of ether oxygens (including phenoxy) is 1. The molecule has 0 aromatic carbocycles. The van der Waals surface area contributed by atoms with E-state index in [1.807, 2.05) is 13.8 Å². The molecule has 1 rings (SSSR count). The molecule has 0 aliphatic carbocycles. The molecule has 1 aromatic heterocycles. The molecule has 0 amide bonds. The van der Waals surface area contributed by atoms with Gasteiger partial charge < -0.3 is 10.1 Å². The van der Waals surface area contributed by atoms with Crippen LogP contribution in [0.15, 0.2) is 12.4 Å². The predicted molar refractivity (Wildman–Crippen MR) is 75.4 cm³/mol. The number of hydrogen-bond donors (Lipinski definition) is 1. The zero-order valence-corrected chi connectivity index (χ0v) is 12.2. The maximum Gasteiger partial charge on any atom is 0.218 e. The largest absolute Gasteiger partial charge is 0.475 e. The SMILES string of the molecule is CC(C)CC(Cl)CNc1cc(OC(C)C)ncn1. The van der Waals surface area contributed by atoms with Crippen molar-refractivity contribution in [2.75, 3.05) is 11.9 Å². The van der Waals surface area contributed by atoms with Crippen LogP contribution in [0.25, 0.3) is 0 Å². The lowest BCUT2D eigenvalue weighted by molar-refractivity contribution is 0.232. The second-order valence-corrected chi connectivity index (χ2v) is 5.63. The number of anilines is 1. The first-order valence-electron chi connectivity index (χ1n) is 6.34. The molecule has 0 aliphatic rings. The van der Waals surface area contributed by atoms with Crippen molar-refractivity contribution in [3.8, 4) is 5.88 Å². The molecule has 0 bridgehead atoms. The van der Waals surface area contributed by atoms with E-state index < -0.39 is 0 Å². The summed E-state index contributed by atoms with van der Waals surface area (Å²) in [6, 6.07) is 1.79. The zero-order valence-electron chi connectivity index (χ0n) is 11.5. The Labute approximate surface area is 114 Å². The number of halogens is 1. The summed E-state index contributed by atoms with van der Waals surface area (Å²) in [5.41, 5.74) is 0. The summed E-state index contributed by atoms with van der Waals surface area (Å²) in [5, 5.41) is 3.31. The van der Waals surface area contributed by atoms with E-state index >= 15 is 0 Å². The second kappa shape index (κ2) is 7.41. The number of rotatable bonds is 7. The van der Waals surface area contributed by atoms with Gasteiger partial charge in [-0.25, -0.2) is 9.97 Å². The smallest absolute Gasteiger partial charge is 0.218 e. The Morgan fingerprint density at radius 1 is 1.28 bits per heavy atom. The number of aromatic nitrogens is 2. The summed E-state index contributed by atoms with van der Waals surface area (Å²) in [5.74, 6) is 1.92. The molecule has 1 N–H and O–H groups in total. The van der Waals surface area contributed by atoms with Crippen molar-refractivity contribution in [3.63, 3.8) is 0 Å². The quantitative estimate of drug-likeness (QED) is 0.773. The van der Waals surface area contributed by atoms with Crippen LogP contribution in [0.1, 0.15) is 34.1 Å². The topological polar surface area (TPSA) is 47.0 Å². The molecular formula is C13H22ClN3O. The van der Waals surface area contributed by atoms with Crippen LogP contribution in [0.4, 0.5) is 5.82 Å². The summed E-state index contributed by atoms with van der Waals surface area (Å²) < 4.78 is 5.50. The van der Waals surface area contributed by atoms with Gasteiger partial charge in [-0.3, -0.25) is 0 Å². The first-order chi connectivity index (χ1) is 8.47. The molecular weight excluding hydrogens is 250 g/mol. The molecule has 0 saturated carbocycles. The molecule has 0 radical (unpaired) electrons. The molecule has 1 heterocycles. The first-order valence-corrected chi connectivity index (χ1v) is 6.77. The Morgan fingerprint density at radius 3 is 2.61 bits per heavy atom. The normalized spacial score (nSPS) is 12.8. The van der Waals surface area contributed by atoms with Gasteiger partial charge in [-0.05, 0) is 26.2 Å². The predicted octanol–water partition coefficient (Wildman–Crippen LogP) is 3.33. The van der Waals surface area contributed by atoms with E-state index in [-0.39, 0.29) is 11.5 Å². The lowest BCUT2D eigenvalue weighted by Crippen LogP contribution is -2.17. The Morgan fingerprint density at radius 2 is 2.00 bits per heavy atom. The van der Waals surface area contributed by atoms with Gasteiger partial charge in [0.25, 0.3) is 0 Å². The molecule has 1 unspecified atom stereocenters. The van der Waals surface area contributed by atoms with Gasteiger partial charge >= 0.3 is 0 Å². The molecule has 5 heteroatoms. The maximum absolute atomic E-state index is 6.21. The van der Waals surface area contributed by atoms with E-state index in [0.717, 1.165) is 12.2 Å². The molecule has 0 aliphatic heterocycles. The lowest BCUT2D eigenvalue weighted by atomic mass is 10.1. The zero-order chi connectivity index (χ0) is 13.5. The van der Waals surface area contributed by atoms with Gasteiger partial charge in [0.05, 0.1) is 11.5 Å². The Bertz CT molecular complexity index is 358. The number of hydrogen-bond acceptors (Lipinski definition) is 4. The first kappa shape index (κ1) is 15.0. The minimum atomic E-state index is 0.106. The van der Waals surface area contributed by atoms with Crippen LogP contribution < -0.4 is 10.1 Å². The van der Waals surface area contributed by atoms with Crippen molar-refractivity contribution in [1.82, 2.24) is 9.97 Å². The van der Waals surface area contributed by atoms with Crippen LogP contribution in [0, 0.1) is 5.92 Å². The van der Waals surface area contributed by atoms with E-state index in [1.54, 1.807) is 6.07 Å². The fourth-order valence-electron chi connectivity index (χ4n) is 1.55. The number of nitrogens with one attached hydrogen (secondary N) is 1. The molecule has 102 valence electrons. The molecule has 0 spiro atoms. The minimum absolute atomic E-state index is 0.106. The van der Waals surface area contributed by atoms with Crippen molar-refractivity contribution >= 4 is 17.4 Å². The average molecular weight is 272 g/mol. The Hall–Kier alpha value is -1.03. The van der Waals surface area contributed by atoms with E-state index in [2.05, 4.69) is 29.1 Å². The summed E-state index contributed by atoms with van der Waals surface area (Å²) in [4.78, 5) is 8.19. The van der Waals surface area contributed by atoms with E-state index in [9.17, 15) is 0 Å². The summed E-state index contributed by atoms with van der Waals surface area (Å²) in [6.07, 6.45) is 2.58. The van der Waals surface area contributed by atoms with Gasteiger partial charge in [-0.2, -0.15) is 0 Å². The summed E-state index contributed by atoms with van der Waals surface area (Å²) in [6.45, 7) is 8.94. The number of nitrogens with zero attached hydrogens (tertiary/aromatic N) is 2. The van der Waals surface area contributed by atoms with Gasteiger partial charge in [0, 0.05) is 12.6 Å². The highest BCUT2D eigenvalue weighted by Crippen LogP contribution is 2.15. The highest BCUT2D eigenvalue weighted by atomic mass is 35.5. The van der Waals surface area contributed by atoms with Crippen molar-refractivity contribution < 1.29 is 4.74 Å². The van der Waals surface area contributed by atoms with Crippen molar-refractivity contribution in [2.45, 2.75) is 45.6 Å².